The fourth-order valence-electron chi connectivity index (χ4n) is 3.50. The Morgan fingerprint density at radius 1 is 1.28 bits per heavy atom. The Balaban J connectivity index is 2.06. The van der Waals surface area contributed by atoms with Gasteiger partial charge in [0.2, 0.25) is 0 Å². The zero-order chi connectivity index (χ0) is 18.0. The molecule has 9 heteroatoms. The van der Waals surface area contributed by atoms with Crippen LogP contribution in [-0.4, -0.2) is 37.7 Å². The number of anilines is 1. The van der Waals surface area contributed by atoms with Gasteiger partial charge in [-0.15, -0.1) is 0 Å². The molecule has 1 aromatic carbocycles. The normalized spacial score (nSPS) is 23.4. The summed E-state index contributed by atoms with van der Waals surface area (Å²) >= 11 is 9.80. The van der Waals surface area contributed by atoms with Crippen molar-refractivity contribution < 1.29 is 13.5 Å². The molecule has 1 fully saturated rings. The Bertz CT molecular complexity index is 952. The first-order valence-electron chi connectivity index (χ1n) is 7.86. The molecule has 25 heavy (non-hydrogen) atoms. The van der Waals surface area contributed by atoms with Crippen molar-refractivity contribution in [2.24, 2.45) is 0 Å². The maximum Gasteiger partial charge on any atom is 0.178 e. The second-order valence-electron chi connectivity index (χ2n) is 6.51. The van der Waals surface area contributed by atoms with Crippen molar-refractivity contribution in [2.75, 3.05) is 24.6 Å². The molecule has 3 heterocycles. The molecular weight excluding hydrogens is 574 g/mol. The molecule has 0 aliphatic carbocycles. The fraction of sp³-hybridized carbons (Fsp3) is 0.438. The van der Waals surface area contributed by atoms with Gasteiger partial charge in [0, 0.05) is 52.9 Å². The van der Waals surface area contributed by atoms with E-state index in [1.807, 2.05) is 22.9 Å². The first-order valence-corrected chi connectivity index (χ1v) is 10.2. The monoisotopic (exact) mass is 589 g/mol. The molecule has 0 radical (unpaired) electrons. The maximum absolute atomic E-state index is 14.9. The predicted molar refractivity (Wildman–Crippen MR) is 114 cm³/mol. The zero-order valence-electron chi connectivity index (χ0n) is 13.5. The van der Waals surface area contributed by atoms with E-state index in [1.165, 1.54) is 13.0 Å². The Hall–Kier alpha value is -0.270. The molecule has 2 unspecified atom stereocenters. The topological polar surface area (TPSA) is 20.6 Å². The molecule has 134 valence electrons. The van der Waals surface area contributed by atoms with E-state index >= 15 is 0 Å². The highest BCUT2D eigenvalue weighted by molar-refractivity contribution is 14.1. The highest BCUT2D eigenvalue weighted by atomic mass is 127. The summed E-state index contributed by atoms with van der Waals surface area (Å²) < 4.78 is 39.4. The van der Waals surface area contributed by atoms with Gasteiger partial charge >= 0.3 is 0 Å². The maximum atomic E-state index is 14.9. The third-order valence-corrected chi connectivity index (χ3v) is 7.94. The molecule has 4 rings (SSSR count). The van der Waals surface area contributed by atoms with Gasteiger partial charge in [0.25, 0.3) is 0 Å². The number of hydrogen-bond acceptors (Lipinski definition) is 4. The number of rotatable bonds is 0. The minimum Gasteiger partial charge on any atom is -0.486 e. The summed E-state index contributed by atoms with van der Waals surface area (Å²) in [4.78, 5) is 2.21. The van der Waals surface area contributed by atoms with Gasteiger partial charge in [0.15, 0.2) is 16.2 Å². The molecule has 0 spiro atoms. The van der Waals surface area contributed by atoms with Crippen molar-refractivity contribution in [3.63, 3.8) is 0 Å². The molecule has 1 saturated heterocycles. The largest absolute Gasteiger partial charge is 0.486 e. The number of piperazine rings is 1. The van der Waals surface area contributed by atoms with Gasteiger partial charge in [-0.25, -0.2) is 11.9 Å². The van der Waals surface area contributed by atoms with Crippen LogP contribution in [0.15, 0.2) is 6.07 Å². The van der Waals surface area contributed by atoms with Gasteiger partial charge in [0.05, 0.1) is 40.1 Å². The molecule has 2 aromatic rings. The lowest BCUT2D eigenvalue weighted by molar-refractivity contribution is 0.206. The number of hydrogen-bond donors (Lipinski definition) is 0. The first kappa shape index (κ1) is 18.1. The van der Waals surface area contributed by atoms with Crippen LogP contribution < -0.4 is 9.64 Å². The average molecular weight is 589 g/mol. The van der Waals surface area contributed by atoms with Crippen molar-refractivity contribution in [1.82, 2.24) is 5.89 Å². The summed E-state index contributed by atoms with van der Waals surface area (Å²) in [6.45, 7) is 5.68. The fourth-order valence-corrected chi connectivity index (χ4v) is 5.07. The third kappa shape index (κ3) is 2.67. The summed E-state index contributed by atoms with van der Waals surface area (Å²) in [5.74, 6) is -0.575. The van der Waals surface area contributed by atoms with Gasteiger partial charge in [-0.1, -0.05) is 12.2 Å². The number of halogens is 4. The highest BCUT2D eigenvalue weighted by Crippen LogP contribution is 2.45. The van der Waals surface area contributed by atoms with Crippen molar-refractivity contribution in [3.05, 3.63) is 27.9 Å². The van der Waals surface area contributed by atoms with Gasteiger partial charge in [-0.3, -0.25) is 2.78 Å². The second-order valence-corrected chi connectivity index (χ2v) is 9.10. The van der Waals surface area contributed by atoms with Crippen molar-refractivity contribution in [3.8, 4) is 5.75 Å². The quantitative estimate of drug-likeness (QED) is 0.251. The lowest BCUT2D eigenvalue weighted by Gasteiger charge is -2.47. The van der Waals surface area contributed by atoms with E-state index < -0.39 is 11.6 Å². The molecule has 0 amide bonds. The summed E-state index contributed by atoms with van der Waals surface area (Å²) in [7, 11) is 0. The van der Waals surface area contributed by atoms with Crippen LogP contribution in [0.5, 0.6) is 5.75 Å². The van der Waals surface area contributed by atoms with Crippen LogP contribution in [0.1, 0.15) is 12.5 Å². The van der Waals surface area contributed by atoms with Gasteiger partial charge in [0.1, 0.15) is 12.4 Å². The van der Waals surface area contributed by atoms with Crippen LogP contribution in [0.3, 0.4) is 0 Å². The Labute approximate surface area is 177 Å². The summed E-state index contributed by atoms with van der Waals surface area (Å²) in [5.41, 5.74) is 1.04. The summed E-state index contributed by atoms with van der Waals surface area (Å²) in [6, 6.07) is 1.86. The summed E-state index contributed by atoms with van der Waals surface area (Å²) in [6.07, 6.45) is 0. The van der Waals surface area contributed by atoms with Crippen LogP contribution >= 0.6 is 57.9 Å². The molecule has 2 aliphatic rings. The molecule has 4 nitrogen and oxygen atoms in total. The van der Waals surface area contributed by atoms with Crippen LogP contribution in [0.2, 0.25) is 0 Å². The van der Waals surface area contributed by atoms with E-state index in [9.17, 15) is 8.78 Å². The van der Waals surface area contributed by atoms with E-state index in [4.69, 9.17) is 17.0 Å². The van der Waals surface area contributed by atoms with E-state index in [-0.39, 0.29) is 11.6 Å². The van der Waals surface area contributed by atoms with Gasteiger partial charge in [-0.05, 0) is 19.9 Å². The van der Waals surface area contributed by atoms with Gasteiger partial charge in [-0.2, -0.15) is 0 Å². The Kier molecular flexibility index (Phi) is 4.64. The predicted octanol–water partition coefficient (Wildman–Crippen LogP) is 4.78. The SMILES string of the molecule is Cc1c(F)cc2c3c(c(=S)n(I)c2c1F)OCC1CN(I)C(C)CN31. The first-order chi connectivity index (χ1) is 11.8. The molecular formula is C16H15F2I2N3OS. The summed E-state index contributed by atoms with van der Waals surface area (Å²) in [5, 5.41) is 0.511. The lowest BCUT2D eigenvalue weighted by Crippen LogP contribution is -2.58. The standard InChI is InChI=1S/C16H15F2I2N3OS/c1-7-4-21-9(5-22(7)19)6-24-15-14(21)10-3-11(17)8(2)12(18)13(10)23(20)16(15)25/h3,7,9H,4-6H2,1-2H3. The van der Waals surface area contributed by atoms with Crippen LogP contribution in [0.4, 0.5) is 14.5 Å². The smallest absolute Gasteiger partial charge is 0.178 e. The van der Waals surface area contributed by atoms with E-state index in [0.717, 1.165) is 18.8 Å². The number of fused-ring (bicyclic) bond motifs is 5. The third-order valence-electron chi connectivity index (χ3n) is 4.93. The number of pyridine rings is 1. The minimum atomic E-state index is -0.569. The number of benzene rings is 1. The van der Waals surface area contributed by atoms with E-state index in [1.54, 1.807) is 2.78 Å². The number of nitrogens with zero attached hydrogens (tertiary/aromatic N) is 3. The molecule has 1 aromatic heterocycles. The molecule has 2 atom stereocenters. The van der Waals surface area contributed by atoms with Crippen LogP contribution in [0.25, 0.3) is 10.9 Å². The van der Waals surface area contributed by atoms with E-state index in [2.05, 4.69) is 37.8 Å². The van der Waals surface area contributed by atoms with Crippen molar-refractivity contribution in [2.45, 2.75) is 25.9 Å². The Morgan fingerprint density at radius 2 is 2.00 bits per heavy atom. The minimum absolute atomic E-state index is 0.00555. The second kappa shape index (κ2) is 6.41. The average Bonchev–Trinajstić information content (AvgIpc) is 2.57. The zero-order valence-corrected chi connectivity index (χ0v) is 18.7. The molecule has 0 saturated carbocycles. The number of aromatic nitrogens is 1. The van der Waals surface area contributed by atoms with Crippen LogP contribution in [0, 0.1) is 23.2 Å². The Morgan fingerprint density at radius 3 is 2.72 bits per heavy atom. The van der Waals surface area contributed by atoms with Crippen molar-refractivity contribution in [1.29, 1.82) is 0 Å². The van der Waals surface area contributed by atoms with Gasteiger partial charge < -0.3 is 9.64 Å². The van der Waals surface area contributed by atoms with E-state index in [0.29, 0.717) is 33.9 Å². The van der Waals surface area contributed by atoms with Crippen LogP contribution in [-0.2, 0) is 0 Å². The molecule has 2 aliphatic heterocycles. The molecule has 0 N–H and O–H groups in total. The van der Waals surface area contributed by atoms with Crippen molar-refractivity contribution >= 4 is 74.5 Å². The number of ether oxygens (including phenoxy) is 1. The lowest BCUT2D eigenvalue weighted by atomic mass is 10.0. The molecule has 0 bridgehead atoms. The highest BCUT2D eigenvalue weighted by Gasteiger charge is 2.38.